The zero-order valence-electron chi connectivity index (χ0n) is 9.68. The van der Waals surface area contributed by atoms with Crippen molar-refractivity contribution in [2.75, 3.05) is 0 Å². The monoisotopic (exact) mass is 243 g/mol. The number of benzene rings is 1. The fourth-order valence-corrected chi connectivity index (χ4v) is 1.94. The summed E-state index contributed by atoms with van der Waals surface area (Å²) in [6, 6.07) is 4.76. The van der Waals surface area contributed by atoms with Crippen molar-refractivity contribution in [2.24, 2.45) is 5.73 Å². The van der Waals surface area contributed by atoms with Gasteiger partial charge in [0.1, 0.15) is 5.82 Å². The summed E-state index contributed by atoms with van der Waals surface area (Å²) in [6.07, 6.45) is 5.43. The van der Waals surface area contributed by atoms with Crippen LogP contribution in [0.5, 0.6) is 0 Å². The molecule has 0 heterocycles. The Labute approximate surface area is 102 Å². The molecule has 16 heavy (non-hydrogen) atoms. The smallest absolute Gasteiger partial charge is 0.146 e. The number of unbranched alkanes of at least 4 members (excludes halogenated alkanes) is 3. The van der Waals surface area contributed by atoms with Gasteiger partial charge in [-0.25, -0.2) is 4.39 Å². The fraction of sp³-hybridized carbons (Fsp3) is 0.538. The quantitative estimate of drug-likeness (QED) is 0.734. The normalized spacial score (nSPS) is 12.8. The highest BCUT2D eigenvalue weighted by Crippen LogP contribution is 2.25. The van der Waals surface area contributed by atoms with Gasteiger partial charge in [0.25, 0.3) is 0 Å². The van der Waals surface area contributed by atoms with Gasteiger partial charge in [0.05, 0.1) is 5.02 Å². The molecule has 0 radical (unpaired) electrons. The van der Waals surface area contributed by atoms with Crippen LogP contribution in [0.15, 0.2) is 18.2 Å². The lowest BCUT2D eigenvalue weighted by Crippen LogP contribution is -2.12. The molecule has 0 bridgehead atoms. The van der Waals surface area contributed by atoms with Gasteiger partial charge in [-0.05, 0) is 12.5 Å². The average Bonchev–Trinajstić information content (AvgIpc) is 2.28. The van der Waals surface area contributed by atoms with Gasteiger partial charge in [0, 0.05) is 11.6 Å². The number of halogens is 2. The van der Waals surface area contributed by atoms with Crippen LogP contribution in [0.2, 0.25) is 5.02 Å². The van der Waals surface area contributed by atoms with Crippen LogP contribution in [-0.4, -0.2) is 0 Å². The highest BCUT2D eigenvalue weighted by molar-refractivity contribution is 6.30. The van der Waals surface area contributed by atoms with E-state index in [2.05, 4.69) is 6.92 Å². The summed E-state index contributed by atoms with van der Waals surface area (Å²) in [6.45, 7) is 2.16. The van der Waals surface area contributed by atoms with Crippen molar-refractivity contribution in [3.8, 4) is 0 Å². The van der Waals surface area contributed by atoms with E-state index in [9.17, 15) is 4.39 Å². The summed E-state index contributed by atoms with van der Waals surface area (Å²) in [5, 5.41) is 0.154. The van der Waals surface area contributed by atoms with E-state index in [1.807, 2.05) is 0 Å². The van der Waals surface area contributed by atoms with Crippen molar-refractivity contribution in [3.63, 3.8) is 0 Å². The largest absolute Gasteiger partial charge is 0.324 e. The van der Waals surface area contributed by atoms with E-state index in [1.54, 1.807) is 18.2 Å². The highest BCUT2D eigenvalue weighted by atomic mass is 35.5. The van der Waals surface area contributed by atoms with Gasteiger partial charge >= 0.3 is 0 Å². The second-order valence-electron chi connectivity index (χ2n) is 4.10. The first-order valence-electron chi connectivity index (χ1n) is 5.86. The van der Waals surface area contributed by atoms with Crippen LogP contribution in [0.4, 0.5) is 4.39 Å². The van der Waals surface area contributed by atoms with Crippen molar-refractivity contribution in [1.29, 1.82) is 0 Å². The molecule has 1 aromatic carbocycles. The number of rotatable bonds is 6. The Morgan fingerprint density at radius 3 is 2.75 bits per heavy atom. The van der Waals surface area contributed by atoms with E-state index in [-0.39, 0.29) is 16.9 Å². The molecule has 0 amide bonds. The zero-order valence-corrected chi connectivity index (χ0v) is 10.4. The summed E-state index contributed by atoms with van der Waals surface area (Å²) in [7, 11) is 0. The molecule has 90 valence electrons. The minimum atomic E-state index is -0.368. The molecular weight excluding hydrogens is 225 g/mol. The minimum Gasteiger partial charge on any atom is -0.324 e. The third-order valence-corrected chi connectivity index (χ3v) is 3.04. The molecule has 3 heteroatoms. The van der Waals surface area contributed by atoms with Crippen LogP contribution in [-0.2, 0) is 0 Å². The van der Waals surface area contributed by atoms with Crippen LogP contribution in [0, 0.1) is 5.82 Å². The lowest BCUT2D eigenvalue weighted by molar-refractivity contribution is 0.532. The van der Waals surface area contributed by atoms with Crippen LogP contribution in [0.25, 0.3) is 0 Å². The third kappa shape index (κ3) is 3.76. The summed E-state index contributed by atoms with van der Waals surface area (Å²) < 4.78 is 13.6. The molecule has 0 spiro atoms. The molecule has 0 aliphatic rings. The first-order chi connectivity index (χ1) is 7.66. The lowest BCUT2D eigenvalue weighted by atomic mass is 10.0. The maximum Gasteiger partial charge on any atom is 0.146 e. The SMILES string of the molecule is CCCCCCC(N)c1cccc(Cl)c1F. The van der Waals surface area contributed by atoms with E-state index >= 15 is 0 Å². The Kier molecular flexibility index (Phi) is 5.78. The van der Waals surface area contributed by atoms with Gasteiger partial charge in [-0.1, -0.05) is 56.3 Å². The van der Waals surface area contributed by atoms with Crippen molar-refractivity contribution in [3.05, 3.63) is 34.6 Å². The van der Waals surface area contributed by atoms with Gasteiger partial charge in [-0.15, -0.1) is 0 Å². The lowest BCUT2D eigenvalue weighted by Gasteiger charge is -2.13. The van der Waals surface area contributed by atoms with Gasteiger partial charge in [0.2, 0.25) is 0 Å². The van der Waals surface area contributed by atoms with Crippen molar-refractivity contribution < 1.29 is 4.39 Å². The topological polar surface area (TPSA) is 26.0 Å². The Morgan fingerprint density at radius 1 is 1.31 bits per heavy atom. The number of hydrogen-bond acceptors (Lipinski definition) is 1. The molecule has 1 rings (SSSR count). The van der Waals surface area contributed by atoms with E-state index in [0.29, 0.717) is 5.56 Å². The summed E-state index contributed by atoms with van der Waals surface area (Å²) in [4.78, 5) is 0. The van der Waals surface area contributed by atoms with Crippen molar-refractivity contribution in [2.45, 2.75) is 45.1 Å². The molecule has 0 aromatic heterocycles. The van der Waals surface area contributed by atoms with E-state index in [0.717, 1.165) is 19.3 Å². The molecule has 2 N–H and O–H groups in total. The van der Waals surface area contributed by atoms with Crippen molar-refractivity contribution >= 4 is 11.6 Å². The number of hydrogen-bond donors (Lipinski definition) is 1. The van der Waals surface area contributed by atoms with Crippen LogP contribution >= 0.6 is 11.6 Å². The minimum absolute atomic E-state index is 0.154. The Bertz CT molecular complexity index is 328. The Morgan fingerprint density at radius 2 is 2.06 bits per heavy atom. The number of nitrogens with two attached hydrogens (primary N) is 1. The van der Waals surface area contributed by atoms with Crippen molar-refractivity contribution in [1.82, 2.24) is 0 Å². The molecule has 1 unspecified atom stereocenters. The Balaban J connectivity index is 2.52. The summed E-state index contributed by atoms with van der Waals surface area (Å²) in [5.74, 6) is -0.368. The molecule has 1 atom stereocenters. The van der Waals surface area contributed by atoms with Gasteiger partial charge in [-0.3, -0.25) is 0 Å². The first kappa shape index (κ1) is 13.5. The molecule has 0 aliphatic carbocycles. The molecule has 0 fully saturated rings. The van der Waals surface area contributed by atoms with Crippen LogP contribution in [0.1, 0.15) is 50.6 Å². The Hall–Kier alpha value is -0.600. The van der Waals surface area contributed by atoms with Gasteiger partial charge < -0.3 is 5.73 Å². The molecule has 1 aromatic rings. The molecular formula is C13H19ClFN. The summed E-state index contributed by atoms with van der Waals surface area (Å²) >= 11 is 5.71. The van der Waals surface area contributed by atoms with Crippen LogP contribution in [0.3, 0.4) is 0 Å². The highest BCUT2D eigenvalue weighted by Gasteiger charge is 2.12. The van der Waals surface area contributed by atoms with E-state index in [1.165, 1.54) is 12.8 Å². The molecule has 0 saturated carbocycles. The molecule has 1 nitrogen and oxygen atoms in total. The fourth-order valence-electron chi connectivity index (χ4n) is 1.75. The third-order valence-electron chi connectivity index (χ3n) is 2.75. The molecule has 0 saturated heterocycles. The predicted molar refractivity (Wildman–Crippen MR) is 67.1 cm³/mol. The molecule has 0 aliphatic heterocycles. The average molecular weight is 244 g/mol. The van der Waals surface area contributed by atoms with E-state index in [4.69, 9.17) is 17.3 Å². The maximum absolute atomic E-state index is 13.6. The standard InChI is InChI=1S/C13H19ClFN/c1-2-3-4-5-9-12(16)10-7-6-8-11(14)13(10)15/h6-8,12H,2-5,9,16H2,1H3. The zero-order chi connectivity index (χ0) is 12.0. The predicted octanol–water partition coefficient (Wildman–Crippen LogP) is 4.45. The van der Waals surface area contributed by atoms with Gasteiger partial charge in [0.15, 0.2) is 0 Å². The van der Waals surface area contributed by atoms with Crippen LogP contribution < -0.4 is 5.73 Å². The van der Waals surface area contributed by atoms with E-state index < -0.39 is 0 Å². The second kappa shape index (κ2) is 6.87. The maximum atomic E-state index is 13.6. The summed E-state index contributed by atoms with van der Waals surface area (Å²) in [5.41, 5.74) is 6.48. The first-order valence-corrected chi connectivity index (χ1v) is 6.24. The van der Waals surface area contributed by atoms with Gasteiger partial charge in [-0.2, -0.15) is 0 Å². The second-order valence-corrected chi connectivity index (χ2v) is 4.51.